The number of unbranched alkanes of at least 4 members (excludes halogenated alkanes) is 1. The minimum Gasteiger partial charge on any atom is -0.494 e. The fraction of sp³-hybridized carbons (Fsp3) is 0.440. The van der Waals surface area contributed by atoms with Gasteiger partial charge in [-0.15, -0.1) is 0 Å². The summed E-state index contributed by atoms with van der Waals surface area (Å²) < 4.78 is 35.6. The Morgan fingerprint density at radius 3 is 2.23 bits per heavy atom. The Kier molecular flexibility index (Phi) is 10.5. The van der Waals surface area contributed by atoms with Crippen molar-refractivity contribution in [2.45, 2.75) is 53.1 Å². The van der Waals surface area contributed by atoms with E-state index in [1.807, 2.05) is 57.2 Å². The van der Waals surface area contributed by atoms with Gasteiger partial charge in [-0.3, -0.25) is 0 Å². The molecule has 0 atom stereocenters. The standard InChI is InChI=1S/C25H32ClFO4/c1-5-20-17-23(29-15-12-24(26)27)16-19(4)25(20)30-14-7-6-13-28-21-8-10-22(11-9-21)31-18(2)3/h8-12,16-18H,5-7,13-15H2,1-4H3/b24-12+. The lowest BCUT2D eigenvalue weighted by molar-refractivity contribution is 0.241. The van der Waals surface area contributed by atoms with Gasteiger partial charge in [0.2, 0.25) is 0 Å². The van der Waals surface area contributed by atoms with Gasteiger partial charge >= 0.3 is 0 Å². The molecular weight excluding hydrogens is 419 g/mol. The van der Waals surface area contributed by atoms with E-state index in [1.54, 1.807) is 0 Å². The maximum atomic E-state index is 12.6. The third-order valence-electron chi connectivity index (χ3n) is 4.44. The highest BCUT2D eigenvalue weighted by atomic mass is 35.5. The molecule has 0 radical (unpaired) electrons. The molecule has 6 heteroatoms. The predicted molar refractivity (Wildman–Crippen MR) is 124 cm³/mol. The zero-order valence-electron chi connectivity index (χ0n) is 18.8. The molecule has 170 valence electrons. The molecule has 0 fully saturated rings. The molecule has 0 aliphatic heterocycles. The Morgan fingerprint density at radius 1 is 0.968 bits per heavy atom. The van der Waals surface area contributed by atoms with Gasteiger partial charge in [-0.25, -0.2) is 0 Å². The van der Waals surface area contributed by atoms with E-state index in [-0.39, 0.29) is 12.7 Å². The van der Waals surface area contributed by atoms with Crippen LogP contribution < -0.4 is 18.9 Å². The average molecular weight is 451 g/mol. The van der Waals surface area contributed by atoms with E-state index in [2.05, 4.69) is 6.92 Å². The van der Waals surface area contributed by atoms with Crippen LogP contribution in [0.25, 0.3) is 0 Å². The van der Waals surface area contributed by atoms with E-state index in [1.165, 1.54) is 6.08 Å². The number of ether oxygens (including phenoxy) is 4. The first-order chi connectivity index (χ1) is 14.9. The van der Waals surface area contributed by atoms with Gasteiger partial charge in [0.1, 0.15) is 29.6 Å². The number of benzene rings is 2. The van der Waals surface area contributed by atoms with E-state index in [0.29, 0.717) is 19.0 Å². The first-order valence-electron chi connectivity index (χ1n) is 10.7. The minimum absolute atomic E-state index is 0.0889. The minimum atomic E-state index is -0.770. The average Bonchev–Trinajstić information content (AvgIpc) is 2.72. The Morgan fingerprint density at radius 2 is 1.61 bits per heavy atom. The van der Waals surface area contributed by atoms with Gasteiger partial charge in [0.15, 0.2) is 5.29 Å². The number of rotatable bonds is 13. The van der Waals surface area contributed by atoms with Gasteiger partial charge in [-0.05, 0) is 87.6 Å². The van der Waals surface area contributed by atoms with Crippen molar-refractivity contribution in [2.75, 3.05) is 19.8 Å². The molecule has 0 aliphatic carbocycles. The van der Waals surface area contributed by atoms with Crippen LogP contribution in [-0.4, -0.2) is 25.9 Å². The molecular formula is C25H32ClFO4. The van der Waals surface area contributed by atoms with E-state index >= 15 is 0 Å². The number of halogens is 2. The zero-order valence-corrected chi connectivity index (χ0v) is 19.5. The van der Waals surface area contributed by atoms with Gasteiger partial charge < -0.3 is 18.9 Å². The molecule has 0 bridgehead atoms. The molecule has 2 rings (SSSR count). The Balaban J connectivity index is 1.75. The molecule has 2 aromatic rings. The molecule has 0 heterocycles. The van der Waals surface area contributed by atoms with E-state index < -0.39 is 5.29 Å². The summed E-state index contributed by atoms with van der Waals surface area (Å²) in [5.41, 5.74) is 2.05. The van der Waals surface area contributed by atoms with Gasteiger partial charge in [0.25, 0.3) is 0 Å². The normalized spacial score (nSPS) is 11.5. The lowest BCUT2D eigenvalue weighted by Crippen LogP contribution is -2.06. The second-order valence-electron chi connectivity index (χ2n) is 7.43. The molecule has 0 unspecified atom stereocenters. The first kappa shape index (κ1) is 24.9. The molecule has 0 saturated heterocycles. The van der Waals surface area contributed by atoms with Crippen molar-refractivity contribution in [3.05, 3.63) is 58.9 Å². The third-order valence-corrected chi connectivity index (χ3v) is 4.60. The van der Waals surface area contributed by atoms with Gasteiger partial charge in [-0.2, -0.15) is 4.39 Å². The van der Waals surface area contributed by atoms with Crippen LogP contribution in [0.2, 0.25) is 0 Å². The van der Waals surface area contributed by atoms with Crippen LogP contribution >= 0.6 is 11.6 Å². The largest absolute Gasteiger partial charge is 0.494 e. The summed E-state index contributed by atoms with van der Waals surface area (Å²) in [6.07, 6.45) is 3.93. The number of hydrogen-bond donors (Lipinski definition) is 0. The summed E-state index contributed by atoms with van der Waals surface area (Å²) in [6.45, 7) is 9.38. The summed E-state index contributed by atoms with van der Waals surface area (Å²) in [5.74, 6) is 3.24. The molecule has 0 N–H and O–H groups in total. The molecule has 0 spiro atoms. The van der Waals surface area contributed by atoms with Gasteiger partial charge in [-0.1, -0.05) is 18.5 Å². The molecule has 0 saturated carbocycles. The van der Waals surface area contributed by atoms with E-state index in [4.69, 9.17) is 30.5 Å². The number of aryl methyl sites for hydroxylation is 2. The van der Waals surface area contributed by atoms with Crippen molar-refractivity contribution in [3.63, 3.8) is 0 Å². The maximum absolute atomic E-state index is 12.6. The topological polar surface area (TPSA) is 36.9 Å². The Hall–Kier alpha value is -2.40. The predicted octanol–water partition coefficient (Wildman–Crippen LogP) is 7.01. The maximum Gasteiger partial charge on any atom is 0.188 e. The summed E-state index contributed by atoms with van der Waals surface area (Å²) >= 11 is 5.19. The van der Waals surface area contributed by atoms with Crippen LogP contribution in [0.15, 0.2) is 47.8 Å². The van der Waals surface area contributed by atoms with Crippen molar-refractivity contribution in [3.8, 4) is 23.0 Å². The Labute approximate surface area is 189 Å². The van der Waals surface area contributed by atoms with Gasteiger partial charge in [0, 0.05) is 6.08 Å². The highest BCUT2D eigenvalue weighted by Crippen LogP contribution is 2.30. The smallest absolute Gasteiger partial charge is 0.188 e. The first-order valence-corrected chi connectivity index (χ1v) is 11.1. The van der Waals surface area contributed by atoms with Crippen LogP contribution in [-0.2, 0) is 6.42 Å². The molecule has 4 nitrogen and oxygen atoms in total. The number of hydrogen-bond acceptors (Lipinski definition) is 4. The SMILES string of the molecule is CCc1cc(OC/C=C(/F)Cl)cc(C)c1OCCCCOc1ccc(OC(C)C)cc1. The highest BCUT2D eigenvalue weighted by molar-refractivity contribution is 6.28. The van der Waals surface area contributed by atoms with E-state index in [0.717, 1.165) is 47.6 Å². The van der Waals surface area contributed by atoms with Crippen molar-refractivity contribution < 1.29 is 23.3 Å². The molecule has 0 amide bonds. The van der Waals surface area contributed by atoms with Gasteiger partial charge in [0.05, 0.1) is 19.3 Å². The summed E-state index contributed by atoms with van der Waals surface area (Å²) in [6, 6.07) is 11.5. The van der Waals surface area contributed by atoms with Crippen molar-refractivity contribution in [2.24, 2.45) is 0 Å². The lowest BCUT2D eigenvalue weighted by atomic mass is 10.1. The molecule has 31 heavy (non-hydrogen) atoms. The summed E-state index contributed by atoms with van der Waals surface area (Å²) in [5, 5.41) is -0.770. The quantitative estimate of drug-likeness (QED) is 0.307. The zero-order chi connectivity index (χ0) is 22.6. The molecule has 0 aliphatic rings. The second kappa shape index (κ2) is 13.1. The van der Waals surface area contributed by atoms with Crippen LogP contribution in [0, 0.1) is 6.92 Å². The Bertz CT molecular complexity index is 830. The monoisotopic (exact) mass is 450 g/mol. The fourth-order valence-corrected chi connectivity index (χ4v) is 3.08. The van der Waals surface area contributed by atoms with Crippen LogP contribution in [0.1, 0.15) is 44.7 Å². The summed E-state index contributed by atoms with van der Waals surface area (Å²) in [4.78, 5) is 0. The van der Waals surface area contributed by atoms with Crippen LogP contribution in [0.3, 0.4) is 0 Å². The molecule has 0 aromatic heterocycles. The lowest BCUT2D eigenvalue weighted by Gasteiger charge is -2.16. The van der Waals surface area contributed by atoms with Crippen LogP contribution in [0.4, 0.5) is 4.39 Å². The van der Waals surface area contributed by atoms with Crippen molar-refractivity contribution in [1.82, 2.24) is 0 Å². The second-order valence-corrected chi connectivity index (χ2v) is 7.79. The third kappa shape index (κ3) is 9.09. The summed E-state index contributed by atoms with van der Waals surface area (Å²) in [7, 11) is 0. The van der Waals surface area contributed by atoms with E-state index in [9.17, 15) is 4.39 Å². The van der Waals surface area contributed by atoms with Crippen LogP contribution in [0.5, 0.6) is 23.0 Å². The van der Waals surface area contributed by atoms with Crippen molar-refractivity contribution >= 4 is 11.6 Å². The molecule has 2 aromatic carbocycles. The fourth-order valence-electron chi connectivity index (χ4n) is 3.02. The highest BCUT2D eigenvalue weighted by Gasteiger charge is 2.09. The van der Waals surface area contributed by atoms with Crippen molar-refractivity contribution in [1.29, 1.82) is 0 Å².